The lowest BCUT2D eigenvalue weighted by Crippen LogP contribution is -2.18. The van der Waals surface area contributed by atoms with Crippen molar-refractivity contribution in [1.82, 2.24) is 4.98 Å². The normalized spacial score (nSPS) is 10.9. The molecule has 0 bridgehead atoms. The van der Waals surface area contributed by atoms with Gasteiger partial charge in [0.15, 0.2) is 0 Å². The first kappa shape index (κ1) is 24.1. The maximum absolute atomic E-state index is 13.1. The number of hydrogen-bond acceptors (Lipinski definition) is 5. The highest BCUT2D eigenvalue weighted by molar-refractivity contribution is 6.07. The smallest absolute Gasteiger partial charge is 0.337 e. The molecule has 0 fully saturated rings. The summed E-state index contributed by atoms with van der Waals surface area (Å²) in [6, 6.07) is 14.5. The van der Waals surface area contributed by atoms with Crippen molar-refractivity contribution in [3.8, 4) is 11.1 Å². The van der Waals surface area contributed by atoms with Gasteiger partial charge in [0.05, 0.1) is 24.1 Å². The van der Waals surface area contributed by atoms with Crippen molar-refractivity contribution >= 4 is 17.6 Å². The van der Waals surface area contributed by atoms with Crippen LogP contribution in [-0.2, 0) is 17.7 Å². The molecule has 0 atom stereocenters. The van der Waals surface area contributed by atoms with Crippen LogP contribution in [0.2, 0.25) is 0 Å². The molecular formula is C27H31N3O3. The lowest BCUT2D eigenvalue weighted by molar-refractivity contribution is 0.0600. The van der Waals surface area contributed by atoms with Gasteiger partial charge in [0.25, 0.3) is 5.91 Å². The van der Waals surface area contributed by atoms with Crippen molar-refractivity contribution in [3.63, 3.8) is 0 Å². The molecule has 3 N–H and O–H groups in total. The summed E-state index contributed by atoms with van der Waals surface area (Å²) < 4.78 is 4.73. The fraction of sp³-hybridized carbons (Fsp3) is 0.296. The molecule has 0 aliphatic heterocycles. The first-order chi connectivity index (χ1) is 15.7. The maximum atomic E-state index is 13.1. The number of nitrogens with one attached hydrogen (secondary N) is 1. The number of anilines is 1. The van der Waals surface area contributed by atoms with Gasteiger partial charge >= 0.3 is 5.97 Å². The Balaban J connectivity index is 2.09. The largest absolute Gasteiger partial charge is 0.465 e. The van der Waals surface area contributed by atoms with Gasteiger partial charge in [-0.05, 0) is 61.6 Å². The Bertz CT molecular complexity index is 1150. The predicted octanol–water partition coefficient (Wildman–Crippen LogP) is 5.06. The Morgan fingerprint density at radius 1 is 1.00 bits per heavy atom. The number of ether oxygens (including phenoxy) is 1. The van der Waals surface area contributed by atoms with E-state index in [9.17, 15) is 9.59 Å². The highest BCUT2D eigenvalue weighted by atomic mass is 16.5. The van der Waals surface area contributed by atoms with E-state index in [1.54, 1.807) is 24.3 Å². The van der Waals surface area contributed by atoms with Crippen LogP contribution in [0.4, 0.5) is 5.69 Å². The second kappa shape index (κ2) is 10.4. The van der Waals surface area contributed by atoms with E-state index in [0.29, 0.717) is 29.3 Å². The summed E-state index contributed by atoms with van der Waals surface area (Å²) in [5, 5.41) is 3.05. The van der Waals surface area contributed by atoms with E-state index in [4.69, 9.17) is 15.5 Å². The van der Waals surface area contributed by atoms with Crippen LogP contribution in [0.5, 0.6) is 0 Å². The molecule has 0 saturated carbocycles. The number of benzene rings is 2. The first-order valence-electron chi connectivity index (χ1n) is 11.0. The molecule has 1 heterocycles. The second-order valence-electron chi connectivity index (χ2n) is 8.56. The lowest BCUT2D eigenvalue weighted by atomic mass is 9.92. The molecule has 3 rings (SSSR count). The van der Waals surface area contributed by atoms with Gasteiger partial charge in [0.2, 0.25) is 0 Å². The van der Waals surface area contributed by atoms with Crippen molar-refractivity contribution in [3.05, 3.63) is 82.2 Å². The van der Waals surface area contributed by atoms with Crippen LogP contribution in [0.25, 0.3) is 11.1 Å². The SMILES string of the molecule is COC(=O)c1ccc(C(=O)Nc2c(C)nc(CC(C)C)c(CN)c2-c2ccc(C)cc2)cc1. The van der Waals surface area contributed by atoms with Gasteiger partial charge in [-0.15, -0.1) is 0 Å². The Kier molecular flexibility index (Phi) is 7.61. The number of rotatable bonds is 7. The number of nitrogens with two attached hydrogens (primary N) is 1. The van der Waals surface area contributed by atoms with Crippen LogP contribution in [0.1, 0.15) is 57.1 Å². The van der Waals surface area contributed by atoms with Gasteiger partial charge < -0.3 is 15.8 Å². The van der Waals surface area contributed by atoms with Crippen molar-refractivity contribution in [2.75, 3.05) is 12.4 Å². The summed E-state index contributed by atoms with van der Waals surface area (Å²) in [5.41, 5.74) is 13.3. The minimum absolute atomic E-state index is 0.288. The molecular weight excluding hydrogens is 414 g/mol. The number of nitrogens with zero attached hydrogens (tertiary/aromatic N) is 1. The minimum Gasteiger partial charge on any atom is -0.465 e. The standard InChI is InChI=1S/C27H31N3O3/c1-16(2)14-23-22(15-28)24(19-8-6-17(3)7-9-19)25(18(4)29-23)30-26(31)20-10-12-21(13-11-20)27(32)33-5/h6-13,16H,14-15,28H2,1-5H3,(H,30,31). The van der Waals surface area contributed by atoms with E-state index in [-0.39, 0.29) is 5.91 Å². The number of methoxy groups -OCH3 is 1. The molecule has 172 valence electrons. The third kappa shape index (κ3) is 5.46. The first-order valence-corrected chi connectivity index (χ1v) is 11.0. The Labute approximate surface area is 195 Å². The Morgan fingerprint density at radius 2 is 1.61 bits per heavy atom. The summed E-state index contributed by atoms with van der Waals surface area (Å²) in [6.07, 6.45) is 0.801. The number of esters is 1. The van der Waals surface area contributed by atoms with Gasteiger partial charge in [0.1, 0.15) is 0 Å². The molecule has 33 heavy (non-hydrogen) atoms. The van der Waals surface area contributed by atoms with Crippen LogP contribution >= 0.6 is 0 Å². The van der Waals surface area contributed by atoms with Crippen LogP contribution in [0.15, 0.2) is 48.5 Å². The zero-order valence-corrected chi connectivity index (χ0v) is 19.9. The molecule has 0 aliphatic carbocycles. The van der Waals surface area contributed by atoms with E-state index in [0.717, 1.165) is 40.1 Å². The molecule has 1 amide bonds. The average molecular weight is 446 g/mol. The van der Waals surface area contributed by atoms with Gasteiger partial charge in [-0.2, -0.15) is 0 Å². The average Bonchev–Trinajstić information content (AvgIpc) is 2.80. The Morgan fingerprint density at radius 3 is 2.15 bits per heavy atom. The van der Waals surface area contributed by atoms with E-state index in [1.807, 2.05) is 38.1 Å². The zero-order chi connectivity index (χ0) is 24.1. The summed E-state index contributed by atoms with van der Waals surface area (Å²) >= 11 is 0. The highest BCUT2D eigenvalue weighted by Crippen LogP contribution is 2.36. The van der Waals surface area contributed by atoms with Gasteiger partial charge in [0, 0.05) is 23.4 Å². The number of hydrogen-bond donors (Lipinski definition) is 2. The molecule has 6 heteroatoms. The Hall–Kier alpha value is -3.51. The highest BCUT2D eigenvalue weighted by Gasteiger charge is 2.21. The minimum atomic E-state index is -0.447. The lowest BCUT2D eigenvalue weighted by Gasteiger charge is -2.21. The zero-order valence-electron chi connectivity index (χ0n) is 19.9. The summed E-state index contributed by atoms with van der Waals surface area (Å²) in [4.78, 5) is 29.6. The van der Waals surface area contributed by atoms with E-state index < -0.39 is 5.97 Å². The van der Waals surface area contributed by atoms with E-state index in [1.165, 1.54) is 7.11 Å². The molecule has 3 aromatic rings. The molecule has 0 spiro atoms. The fourth-order valence-corrected chi connectivity index (χ4v) is 3.83. The molecule has 0 aliphatic rings. The van der Waals surface area contributed by atoms with E-state index >= 15 is 0 Å². The van der Waals surface area contributed by atoms with E-state index in [2.05, 4.69) is 19.2 Å². The number of aryl methyl sites for hydroxylation is 2. The molecule has 0 unspecified atom stereocenters. The molecule has 1 aromatic heterocycles. The van der Waals surface area contributed by atoms with Crippen molar-refractivity contribution in [2.24, 2.45) is 11.7 Å². The quantitative estimate of drug-likeness (QED) is 0.496. The third-order valence-corrected chi connectivity index (χ3v) is 5.52. The molecule has 6 nitrogen and oxygen atoms in total. The maximum Gasteiger partial charge on any atom is 0.337 e. The third-order valence-electron chi connectivity index (χ3n) is 5.52. The summed E-state index contributed by atoms with van der Waals surface area (Å²) in [7, 11) is 1.32. The summed E-state index contributed by atoms with van der Waals surface area (Å²) in [5.74, 6) is -0.317. The van der Waals surface area contributed by atoms with Gasteiger partial charge in [-0.1, -0.05) is 43.7 Å². The van der Waals surface area contributed by atoms with Crippen LogP contribution < -0.4 is 11.1 Å². The number of aromatic nitrogens is 1. The number of pyridine rings is 1. The monoisotopic (exact) mass is 445 g/mol. The van der Waals surface area contributed by atoms with Crippen LogP contribution in [0, 0.1) is 19.8 Å². The molecule has 0 radical (unpaired) electrons. The second-order valence-corrected chi connectivity index (χ2v) is 8.56. The van der Waals surface area contributed by atoms with Gasteiger partial charge in [-0.25, -0.2) is 4.79 Å². The summed E-state index contributed by atoms with van der Waals surface area (Å²) in [6.45, 7) is 8.55. The molecule has 0 saturated heterocycles. The van der Waals surface area contributed by atoms with Gasteiger partial charge in [-0.3, -0.25) is 9.78 Å². The fourth-order valence-electron chi connectivity index (χ4n) is 3.83. The van der Waals surface area contributed by atoms with Crippen LogP contribution in [-0.4, -0.2) is 24.0 Å². The number of carbonyl (C=O) groups is 2. The van der Waals surface area contributed by atoms with Crippen molar-refractivity contribution < 1.29 is 14.3 Å². The van der Waals surface area contributed by atoms with Crippen molar-refractivity contribution in [2.45, 2.75) is 40.7 Å². The topological polar surface area (TPSA) is 94.3 Å². The molecule has 2 aromatic carbocycles. The number of carbonyl (C=O) groups excluding carboxylic acids is 2. The number of amides is 1. The van der Waals surface area contributed by atoms with Crippen molar-refractivity contribution in [1.29, 1.82) is 0 Å². The predicted molar refractivity (Wildman–Crippen MR) is 131 cm³/mol. The van der Waals surface area contributed by atoms with Crippen LogP contribution in [0.3, 0.4) is 0 Å².